The Morgan fingerprint density at radius 2 is 0.904 bits per heavy atom. The van der Waals surface area contributed by atoms with E-state index in [4.69, 9.17) is 0 Å². The first-order chi connectivity index (χ1) is 34.5. The van der Waals surface area contributed by atoms with E-state index in [1.165, 1.54) is 128 Å². The topological polar surface area (TPSA) is 6.48 Å². The maximum atomic E-state index is 2.81. The lowest BCUT2D eigenvalue weighted by Gasteiger charge is -2.49. The molecule has 2 nitrogen and oxygen atoms in total. The molecule has 0 aromatic heterocycles. The molecule has 0 amide bonds. The molecular formula is C70H71BN2. The van der Waals surface area contributed by atoms with Crippen molar-refractivity contribution in [3.05, 3.63) is 196 Å². The van der Waals surface area contributed by atoms with Crippen LogP contribution in [-0.2, 0) is 32.5 Å². The van der Waals surface area contributed by atoms with E-state index in [2.05, 4.69) is 258 Å². The summed E-state index contributed by atoms with van der Waals surface area (Å²) in [6.07, 6.45) is 2.31. The van der Waals surface area contributed by atoms with Gasteiger partial charge in [0.05, 0.1) is 5.69 Å². The van der Waals surface area contributed by atoms with Crippen LogP contribution in [0.25, 0.3) is 44.5 Å². The molecule has 5 aliphatic rings. The molecule has 0 atom stereocenters. The van der Waals surface area contributed by atoms with Crippen molar-refractivity contribution in [3.8, 4) is 44.5 Å². The van der Waals surface area contributed by atoms with Crippen molar-refractivity contribution in [2.75, 3.05) is 9.71 Å². The average molecular weight is 951 g/mol. The zero-order chi connectivity index (χ0) is 51.1. The van der Waals surface area contributed by atoms with E-state index in [0.717, 1.165) is 12.8 Å². The minimum Gasteiger partial charge on any atom is -0.376 e. The highest BCUT2D eigenvalue weighted by Crippen LogP contribution is 2.61. The summed E-state index contributed by atoms with van der Waals surface area (Å²) in [5.74, 6) is 0. The van der Waals surface area contributed by atoms with E-state index in [0.29, 0.717) is 0 Å². The minimum absolute atomic E-state index is 0.0127. The van der Waals surface area contributed by atoms with Gasteiger partial charge in [-0.15, -0.1) is 0 Å². The highest BCUT2D eigenvalue weighted by Gasteiger charge is 2.53. The number of hydrogen-bond acceptors (Lipinski definition) is 2. The van der Waals surface area contributed by atoms with Gasteiger partial charge in [0, 0.05) is 44.7 Å². The van der Waals surface area contributed by atoms with Crippen LogP contribution >= 0.6 is 0 Å². The number of fused-ring (bicyclic) bond motifs is 13. The molecular weight excluding hydrogens is 880 g/mol. The van der Waals surface area contributed by atoms with Gasteiger partial charge in [-0.2, -0.15) is 0 Å². The molecule has 3 heteroatoms. The molecule has 8 aromatic carbocycles. The lowest BCUT2D eigenvalue weighted by Crippen LogP contribution is -2.62. The second-order valence-electron chi connectivity index (χ2n) is 26.8. The van der Waals surface area contributed by atoms with Crippen LogP contribution in [-0.4, -0.2) is 6.85 Å². The van der Waals surface area contributed by atoms with Gasteiger partial charge in [0.1, 0.15) is 0 Å². The van der Waals surface area contributed by atoms with E-state index in [1.807, 2.05) is 0 Å². The molecule has 2 heterocycles. The fourth-order valence-electron chi connectivity index (χ4n) is 14.3. The molecule has 2 aliphatic heterocycles. The predicted octanol–water partition coefficient (Wildman–Crippen LogP) is 17.6. The van der Waals surface area contributed by atoms with E-state index in [9.17, 15) is 0 Å². The Balaban J connectivity index is 1.26. The Bertz CT molecular complexity index is 3650. The Labute approximate surface area is 436 Å². The van der Waals surface area contributed by atoms with Gasteiger partial charge in [-0.05, 0) is 172 Å². The van der Waals surface area contributed by atoms with Crippen molar-refractivity contribution in [1.82, 2.24) is 0 Å². The summed E-state index contributed by atoms with van der Waals surface area (Å²) in [4.78, 5) is 5.54. The zero-order valence-electron chi connectivity index (χ0n) is 45.8. The number of rotatable bonds is 3. The second kappa shape index (κ2) is 15.0. The maximum absolute atomic E-state index is 2.81. The number of anilines is 5. The van der Waals surface area contributed by atoms with Crippen molar-refractivity contribution in [2.45, 2.75) is 142 Å². The van der Waals surface area contributed by atoms with Crippen LogP contribution in [0.4, 0.5) is 28.4 Å². The van der Waals surface area contributed by atoms with Crippen LogP contribution in [0.5, 0.6) is 0 Å². The molecule has 364 valence electrons. The highest BCUT2D eigenvalue weighted by molar-refractivity contribution is 6.94. The third-order valence-corrected chi connectivity index (χ3v) is 18.6. The van der Waals surface area contributed by atoms with Crippen molar-refractivity contribution >= 4 is 46.2 Å². The number of nitrogens with zero attached hydrogens (tertiary/aromatic N) is 2. The van der Waals surface area contributed by atoms with Crippen molar-refractivity contribution < 1.29 is 0 Å². The summed E-state index contributed by atoms with van der Waals surface area (Å²) >= 11 is 0. The SMILES string of the molecule is CC(C)(C)c1ccc(N2B3c4c(ccc5c4-c4ccccc4C5(C)C)N(c4ccc(C(C)(C)C)cc4-c4ccccc4)c4cc5c(c(c43)-c3cc4c(cc32)C(C)(C)CCC4(C)C)-c2ccccc2C5(C)C)cc1. The Kier molecular flexibility index (Phi) is 9.52. The van der Waals surface area contributed by atoms with Crippen LogP contribution in [0.1, 0.15) is 154 Å². The monoisotopic (exact) mass is 951 g/mol. The predicted molar refractivity (Wildman–Crippen MR) is 313 cm³/mol. The van der Waals surface area contributed by atoms with Crippen molar-refractivity contribution in [2.24, 2.45) is 0 Å². The first-order valence-electron chi connectivity index (χ1n) is 27.2. The quantitative estimate of drug-likeness (QED) is 0.163. The van der Waals surface area contributed by atoms with E-state index >= 15 is 0 Å². The summed E-state index contributed by atoms with van der Waals surface area (Å²) in [5.41, 5.74) is 30.6. The molecule has 0 bridgehead atoms. The summed E-state index contributed by atoms with van der Waals surface area (Å²) in [6, 6.07) is 60.0. The largest absolute Gasteiger partial charge is 0.376 e. The summed E-state index contributed by atoms with van der Waals surface area (Å²) in [7, 11) is 0. The van der Waals surface area contributed by atoms with Gasteiger partial charge in [0.2, 0.25) is 0 Å². The molecule has 0 spiro atoms. The molecule has 8 aromatic rings. The van der Waals surface area contributed by atoms with Crippen LogP contribution < -0.4 is 20.6 Å². The molecule has 0 fully saturated rings. The minimum atomic E-state index is -0.242. The highest BCUT2D eigenvalue weighted by atomic mass is 15.2. The third kappa shape index (κ3) is 6.42. The molecule has 0 saturated carbocycles. The van der Waals surface area contributed by atoms with Gasteiger partial charge in [0.25, 0.3) is 0 Å². The Morgan fingerprint density at radius 1 is 0.384 bits per heavy atom. The van der Waals surface area contributed by atoms with E-state index in [1.54, 1.807) is 0 Å². The maximum Gasteiger partial charge on any atom is 0.333 e. The summed E-state index contributed by atoms with van der Waals surface area (Å²) < 4.78 is 0. The molecule has 0 N–H and O–H groups in total. The summed E-state index contributed by atoms with van der Waals surface area (Å²) in [6.45, 7) is 33.7. The molecule has 0 radical (unpaired) electrons. The van der Waals surface area contributed by atoms with E-state index < -0.39 is 0 Å². The van der Waals surface area contributed by atoms with Gasteiger partial charge in [-0.25, -0.2) is 0 Å². The average Bonchev–Trinajstić information content (AvgIpc) is 3.76. The molecule has 13 rings (SSSR count). The standard InChI is InChI=1S/C70H71BN2/c1-65(2,3)43-28-31-45(32-29-43)73-58-40-54-53(67(7,8)36-37-68(54,9)10)39-49(58)62-60-46-24-18-20-26-50(46)70(13,14)55(60)41-59-64(62)71(73)63-57(35-33-52-61(63)47-25-19-21-27-51(47)69(52,11)12)72(59)56-34-30-44(66(4,5)6)38-48(56)42-22-16-15-17-23-42/h15-35,38-41H,36-37H2,1-14H3. The van der Waals surface area contributed by atoms with Crippen LogP contribution in [0.2, 0.25) is 0 Å². The van der Waals surface area contributed by atoms with Crippen LogP contribution in [0.15, 0.2) is 152 Å². The van der Waals surface area contributed by atoms with E-state index in [-0.39, 0.29) is 39.3 Å². The fraction of sp³-hybridized carbons (Fsp3) is 0.314. The van der Waals surface area contributed by atoms with Gasteiger partial charge in [-0.1, -0.05) is 200 Å². The second-order valence-corrected chi connectivity index (χ2v) is 26.8. The Hall–Kier alpha value is -6.58. The smallest absolute Gasteiger partial charge is 0.333 e. The normalized spacial score (nSPS) is 17.7. The lowest BCUT2D eigenvalue weighted by atomic mass is 9.41. The zero-order valence-corrected chi connectivity index (χ0v) is 45.8. The lowest BCUT2D eigenvalue weighted by molar-refractivity contribution is 0.332. The van der Waals surface area contributed by atoms with Gasteiger partial charge in [0.15, 0.2) is 0 Å². The van der Waals surface area contributed by atoms with Crippen LogP contribution in [0, 0.1) is 0 Å². The number of hydrogen-bond donors (Lipinski definition) is 0. The molecule has 0 saturated heterocycles. The van der Waals surface area contributed by atoms with Gasteiger partial charge in [-0.3, -0.25) is 0 Å². The Morgan fingerprint density at radius 3 is 1.53 bits per heavy atom. The van der Waals surface area contributed by atoms with Crippen LogP contribution in [0.3, 0.4) is 0 Å². The number of benzene rings is 8. The molecule has 73 heavy (non-hydrogen) atoms. The summed E-state index contributed by atoms with van der Waals surface area (Å²) in [5, 5.41) is 0. The first-order valence-corrected chi connectivity index (χ1v) is 27.2. The van der Waals surface area contributed by atoms with Crippen molar-refractivity contribution in [3.63, 3.8) is 0 Å². The fourth-order valence-corrected chi connectivity index (χ4v) is 14.3. The molecule has 3 aliphatic carbocycles. The third-order valence-electron chi connectivity index (χ3n) is 18.6. The molecule has 0 unspecified atom stereocenters. The van der Waals surface area contributed by atoms with Crippen molar-refractivity contribution in [1.29, 1.82) is 0 Å². The van der Waals surface area contributed by atoms with Gasteiger partial charge >= 0.3 is 6.85 Å². The van der Waals surface area contributed by atoms with Gasteiger partial charge < -0.3 is 9.71 Å². The first kappa shape index (κ1) is 46.2.